The number of aromatic nitrogens is 2. The molecule has 1 aromatic carbocycles. The van der Waals surface area contributed by atoms with E-state index in [-0.39, 0.29) is 5.91 Å². The highest BCUT2D eigenvalue weighted by Crippen LogP contribution is 2.32. The molecule has 0 spiro atoms. The zero-order valence-corrected chi connectivity index (χ0v) is 14.4. The van der Waals surface area contributed by atoms with E-state index in [2.05, 4.69) is 5.10 Å². The number of carbonyl (C=O) groups is 2. The zero-order chi connectivity index (χ0) is 18.3. The summed E-state index contributed by atoms with van der Waals surface area (Å²) in [4.78, 5) is 26.6. The van der Waals surface area contributed by atoms with Gasteiger partial charge in [0.1, 0.15) is 11.8 Å². The van der Waals surface area contributed by atoms with Crippen molar-refractivity contribution < 1.29 is 19.1 Å². The van der Waals surface area contributed by atoms with E-state index in [1.807, 2.05) is 31.2 Å². The van der Waals surface area contributed by atoms with Crippen molar-refractivity contribution in [3.63, 3.8) is 0 Å². The van der Waals surface area contributed by atoms with Gasteiger partial charge in [0.2, 0.25) is 0 Å². The normalized spacial score (nSPS) is 16.7. The van der Waals surface area contributed by atoms with Crippen LogP contribution < -0.4 is 0 Å². The number of benzene rings is 1. The summed E-state index contributed by atoms with van der Waals surface area (Å²) in [5, 5.41) is 14.8. The lowest BCUT2D eigenvalue weighted by atomic mass is 9.87. The van der Waals surface area contributed by atoms with Crippen molar-refractivity contribution >= 4 is 22.8 Å². The van der Waals surface area contributed by atoms with Gasteiger partial charge in [-0.05, 0) is 18.6 Å². The number of fused-ring (bicyclic) bond motifs is 1. The van der Waals surface area contributed by atoms with Gasteiger partial charge < -0.3 is 14.4 Å². The zero-order valence-electron chi connectivity index (χ0n) is 14.4. The number of aliphatic carboxylic acids is 1. The number of nitrogens with zero attached hydrogens (tertiary/aromatic N) is 3. The van der Waals surface area contributed by atoms with E-state index in [0.29, 0.717) is 37.1 Å². The average molecular weight is 353 g/mol. The molecule has 0 saturated carbocycles. The van der Waals surface area contributed by atoms with E-state index in [4.69, 9.17) is 4.42 Å². The lowest BCUT2D eigenvalue weighted by molar-refractivity contribution is -0.150. The molecule has 1 aliphatic rings. The third-order valence-corrected chi connectivity index (χ3v) is 5.14. The summed E-state index contributed by atoms with van der Waals surface area (Å²) < 4.78 is 6.98. The number of furan rings is 1. The van der Waals surface area contributed by atoms with E-state index >= 15 is 0 Å². The summed E-state index contributed by atoms with van der Waals surface area (Å²) in [5.74, 6) is -1.05. The van der Waals surface area contributed by atoms with Crippen molar-refractivity contribution in [1.82, 2.24) is 14.7 Å². The van der Waals surface area contributed by atoms with E-state index in [9.17, 15) is 14.7 Å². The molecular weight excluding hydrogens is 334 g/mol. The smallest absolute Gasteiger partial charge is 0.331 e. The summed E-state index contributed by atoms with van der Waals surface area (Å²) in [7, 11) is 0. The molecule has 1 N–H and O–H groups in total. The molecule has 26 heavy (non-hydrogen) atoms. The minimum absolute atomic E-state index is 0.134. The number of carbonyl (C=O) groups excluding carboxylic acids is 1. The Morgan fingerprint density at radius 3 is 2.62 bits per heavy atom. The summed E-state index contributed by atoms with van der Waals surface area (Å²) in [5.41, 5.74) is 0.982. The maximum Gasteiger partial charge on any atom is 0.331 e. The molecule has 1 amide bonds. The Hall–Kier alpha value is -3.09. The highest BCUT2D eigenvalue weighted by molar-refractivity contribution is 6.06. The van der Waals surface area contributed by atoms with E-state index in [0.717, 1.165) is 10.9 Å². The predicted molar refractivity (Wildman–Crippen MR) is 93.9 cm³/mol. The second-order valence-electron chi connectivity index (χ2n) is 6.74. The van der Waals surface area contributed by atoms with Gasteiger partial charge in [0.25, 0.3) is 5.91 Å². The van der Waals surface area contributed by atoms with Gasteiger partial charge in [0.05, 0.1) is 11.8 Å². The second kappa shape index (κ2) is 6.01. The third-order valence-electron chi connectivity index (χ3n) is 5.14. The van der Waals surface area contributed by atoms with Crippen LogP contribution in [0.5, 0.6) is 0 Å². The second-order valence-corrected chi connectivity index (χ2v) is 6.74. The Morgan fingerprint density at radius 2 is 1.96 bits per heavy atom. The number of carboxylic acids is 1. The molecule has 0 bridgehead atoms. The van der Waals surface area contributed by atoms with Crippen molar-refractivity contribution in [1.29, 1.82) is 0 Å². The number of likely N-dealkylation sites (tertiary alicyclic amines) is 1. The minimum Gasteiger partial charge on any atom is -0.479 e. The minimum atomic E-state index is -1.11. The number of rotatable bonds is 3. The lowest BCUT2D eigenvalue weighted by Crippen LogP contribution is -2.52. The van der Waals surface area contributed by atoms with Crippen LogP contribution in [0.3, 0.4) is 0 Å². The molecular formula is C19H19N3O4. The van der Waals surface area contributed by atoms with Crippen molar-refractivity contribution in [2.45, 2.75) is 25.3 Å². The average Bonchev–Trinajstić information content (AvgIpc) is 3.27. The first-order valence-corrected chi connectivity index (χ1v) is 8.52. The van der Waals surface area contributed by atoms with Gasteiger partial charge in [-0.1, -0.05) is 18.2 Å². The monoisotopic (exact) mass is 353 g/mol. The van der Waals surface area contributed by atoms with E-state index in [1.165, 1.54) is 10.9 Å². The lowest BCUT2D eigenvalue weighted by Gasteiger charge is -2.38. The van der Waals surface area contributed by atoms with Crippen molar-refractivity contribution in [2.75, 3.05) is 13.1 Å². The molecule has 4 rings (SSSR count). The highest BCUT2D eigenvalue weighted by atomic mass is 16.4. The molecule has 7 nitrogen and oxygen atoms in total. The quantitative estimate of drug-likeness (QED) is 0.782. The third kappa shape index (κ3) is 2.47. The van der Waals surface area contributed by atoms with Gasteiger partial charge in [-0.2, -0.15) is 5.10 Å². The Balaban J connectivity index is 1.57. The van der Waals surface area contributed by atoms with Gasteiger partial charge in [-0.3, -0.25) is 9.48 Å². The standard InChI is InChI=1S/C19H19N3O4/c1-13-10-20-22(11-13)19(18(24)25)6-8-21(9-7-19)17(23)15-12-26-16-5-3-2-4-14(15)16/h2-5,10-12H,6-9H2,1H3,(H,24,25). The molecule has 3 aromatic rings. The van der Waals surface area contributed by atoms with Crippen LogP contribution in [-0.4, -0.2) is 44.8 Å². The number of hydrogen-bond donors (Lipinski definition) is 1. The first kappa shape index (κ1) is 16.4. The molecule has 7 heteroatoms. The van der Waals surface area contributed by atoms with Crippen molar-refractivity contribution in [2.24, 2.45) is 0 Å². The van der Waals surface area contributed by atoms with Crippen LogP contribution in [0.4, 0.5) is 0 Å². The number of carboxylic acid groups (broad SMARTS) is 1. The van der Waals surface area contributed by atoms with Crippen molar-refractivity contribution in [3.8, 4) is 0 Å². The molecule has 1 fully saturated rings. The fourth-order valence-corrected chi connectivity index (χ4v) is 3.58. The number of para-hydroxylation sites is 1. The van der Waals surface area contributed by atoms with Crippen LogP contribution in [0, 0.1) is 6.92 Å². The van der Waals surface area contributed by atoms with Crippen LogP contribution >= 0.6 is 0 Å². The van der Waals surface area contributed by atoms with Gasteiger partial charge in [0.15, 0.2) is 5.54 Å². The van der Waals surface area contributed by atoms with Gasteiger partial charge >= 0.3 is 5.97 Å². The molecule has 1 aliphatic heterocycles. The Labute approximate surface area is 149 Å². The van der Waals surface area contributed by atoms with Crippen LogP contribution in [0.15, 0.2) is 47.3 Å². The molecule has 3 heterocycles. The molecule has 0 aliphatic carbocycles. The largest absolute Gasteiger partial charge is 0.479 e. The fourth-order valence-electron chi connectivity index (χ4n) is 3.58. The number of amides is 1. The Bertz CT molecular complexity index is 980. The van der Waals surface area contributed by atoms with Gasteiger partial charge in [-0.25, -0.2) is 4.79 Å². The number of aryl methyl sites for hydroxylation is 1. The summed E-state index contributed by atoms with van der Waals surface area (Å²) in [6, 6.07) is 7.39. The number of hydrogen-bond acceptors (Lipinski definition) is 4. The molecule has 134 valence electrons. The number of piperidine rings is 1. The maximum absolute atomic E-state index is 12.9. The summed E-state index contributed by atoms with van der Waals surface area (Å²) >= 11 is 0. The van der Waals surface area contributed by atoms with Crippen LogP contribution in [-0.2, 0) is 10.3 Å². The van der Waals surface area contributed by atoms with E-state index < -0.39 is 11.5 Å². The topological polar surface area (TPSA) is 88.6 Å². The highest BCUT2D eigenvalue weighted by Gasteiger charge is 2.45. The van der Waals surface area contributed by atoms with Crippen LogP contribution in [0.2, 0.25) is 0 Å². The maximum atomic E-state index is 12.9. The molecule has 0 unspecified atom stereocenters. The first-order valence-electron chi connectivity index (χ1n) is 8.52. The summed E-state index contributed by atoms with van der Waals surface area (Å²) in [6.45, 7) is 2.58. The fraction of sp³-hybridized carbons (Fsp3) is 0.316. The van der Waals surface area contributed by atoms with Gasteiger partial charge in [0, 0.05) is 37.5 Å². The molecule has 1 saturated heterocycles. The Morgan fingerprint density at radius 1 is 1.23 bits per heavy atom. The van der Waals surface area contributed by atoms with Crippen LogP contribution in [0.25, 0.3) is 11.0 Å². The molecule has 0 radical (unpaired) electrons. The first-order chi connectivity index (χ1) is 12.5. The van der Waals surface area contributed by atoms with E-state index in [1.54, 1.807) is 17.3 Å². The summed E-state index contributed by atoms with van der Waals surface area (Å²) in [6.07, 6.45) is 5.49. The predicted octanol–water partition coefficient (Wildman–Crippen LogP) is 2.65. The Kier molecular flexibility index (Phi) is 3.79. The van der Waals surface area contributed by atoms with Gasteiger partial charge in [-0.15, -0.1) is 0 Å². The molecule has 0 atom stereocenters. The van der Waals surface area contributed by atoms with Crippen LogP contribution in [0.1, 0.15) is 28.8 Å². The molecule has 2 aromatic heterocycles. The SMILES string of the molecule is Cc1cnn(C2(C(=O)O)CCN(C(=O)c3coc4ccccc34)CC2)c1. The van der Waals surface area contributed by atoms with Crippen molar-refractivity contribution in [3.05, 3.63) is 54.0 Å².